The minimum absolute atomic E-state index is 0.352. The predicted octanol–water partition coefficient (Wildman–Crippen LogP) is -0.365. The van der Waals surface area contributed by atoms with Crippen LogP contribution in [0.25, 0.3) is 0 Å². The van der Waals surface area contributed by atoms with Gasteiger partial charge in [-0.05, 0) is 7.05 Å². The van der Waals surface area contributed by atoms with Gasteiger partial charge in [-0.3, -0.25) is 5.32 Å². The van der Waals surface area contributed by atoms with E-state index in [1.807, 2.05) is 0 Å². The third-order valence-corrected chi connectivity index (χ3v) is 1.54. The van der Waals surface area contributed by atoms with Crippen molar-refractivity contribution >= 4 is 5.97 Å². The number of aliphatic carboxylic acids is 1. The van der Waals surface area contributed by atoms with Gasteiger partial charge < -0.3 is 10.2 Å². The summed E-state index contributed by atoms with van der Waals surface area (Å²) in [5, 5.41) is 20.1. The van der Waals surface area contributed by atoms with Crippen LogP contribution in [-0.2, 0) is 4.79 Å². The normalized spacial score (nSPS) is 16.9. The van der Waals surface area contributed by atoms with Crippen LogP contribution < -0.4 is 5.32 Å². The molecule has 4 nitrogen and oxygen atoms in total. The molecule has 0 aliphatic rings. The molecule has 0 saturated carbocycles. The number of carboxylic acids is 1. The van der Waals surface area contributed by atoms with Gasteiger partial charge in [0.15, 0.2) is 0 Å². The predicted molar refractivity (Wildman–Crippen MR) is 36.5 cm³/mol. The molecule has 0 heterocycles. The Balaban J connectivity index is 4.38. The number of likely N-dealkylation sites (N-methyl/N-ethyl adjacent to an activating group) is 1. The summed E-state index contributed by atoms with van der Waals surface area (Å²) in [5.74, 6) is -1.60. The van der Waals surface area contributed by atoms with Crippen LogP contribution in [0.5, 0.6) is 0 Å². The summed E-state index contributed by atoms with van der Waals surface area (Å²) in [7, 11) is 1.41. The van der Waals surface area contributed by atoms with E-state index in [0.29, 0.717) is 0 Å². The highest BCUT2D eigenvalue weighted by Gasteiger charge is 2.37. The number of hydrogen-bond acceptors (Lipinski definition) is 3. The van der Waals surface area contributed by atoms with Crippen LogP contribution in [0.3, 0.4) is 0 Å². The molecule has 0 aliphatic carbocycles. The quantitative estimate of drug-likeness (QED) is 0.476. The SMILES string of the molecule is CNC(O)(C(=O)O)C(C)C. The molecule has 3 N–H and O–H groups in total. The second-order valence-corrected chi connectivity index (χ2v) is 2.48. The van der Waals surface area contributed by atoms with E-state index in [2.05, 4.69) is 5.32 Å². The van der Waals surface area contributed by atoms with Gasteiger partial charge in [0.25, 0.3) is 0 Å². The maximum Gasteiger partial charge on any atom is 0.351 e. The molecule has 0 radical (unpaired) electrons. The molecule has 0 saturated heterocycles. The molecule has 0 amide bonds. The maximum atomic E-state index is 10.4. The van der Waals surface area contributed by atoms with E-state index < -0.39 is 11.7 Å². The van der Waals surface area contributed by atoms with Crippen molar-refractivity contribution < 1.29 is 15.0 Å². The average molecular weight is 147 g/mol. The summed E-state index contributed by atoms with van der Waals surface area (Å²) in [5.41, 5.74) is -1.79. The van der Waals surface area contributed by atoms with Crippen molar-refractivity contribution in [3.8, 4) is 0 Å². The van der Waals surface area contributed by atoms with Crippen molar-refractivity contribution in [3.63, 3.8) is 0 Å². The van der Waals surface area contributed by atoms with Crippen molar-refractivity contribution in [2.75, 3.05) is 7.05 Å². The first-order valence-corrected chi connectivity index (χ1v) is 3.09. The van der Waals surface area contributed by atoms with Crippen LogP contribution in [0, 0.1) is 5.92 Å². The zero-order chi connectivity index (χ0) is 8.36. The fourth-order valence-corrected chi connectivity index (χ4v) is 0.643. The van der Waals surface area contributed by atoms with Gasteiger partial charge in [0, 0.05) is 5.92 Å². The lowest BCUT2D eigenvalue weighted by atomic mass is 10.0. The number of hydrogen-bond donors (Lipinski definition) is 3. The van der Waals surface area contributed by atoms with Gasteiger partial charge in [0.2, 0.25) is 5.72 Å². The molecule has 0 aromatic heterocycles. The Morgan fingerprint density at radius 1 is 1.60 bits per heavy atom. The Morgan fingerprint density at radius 2 is 2.00 bits per heavy atom. The van der Waals surface area contributed by atoms with Crippen molar-refractivity contribution in [3.05, 3.63) is 0 Å². The summed E-state index contributed by atoms with van der Waals surface area (Å²) in [6, 6.07) is 0. The molecule has 0 bridgehead atoms. The molecule has 0 fully saturated rings. The monoisotopic (exact) mass is 147 g/mol. The largest absolute Gasteiger partial charge is 0.478 e. The summed E-state index contributed by atoms with van der Waals surface area (Å²) in [6.45, 7) is 3.26. The number of aliphatic hydroxyl groups is 1. The van der Waals surface area contributed by atoms with Crippen LogP contribution in [0.15, 0.2) is 0 Å². The van der Waals surface area contributed by atoms with E-state index in [0.717, 1.165) is 0 Å². The van der Waals surface area contributed by atoms with E-state index in [1.165, 1.54) is 7.05 Å². The Hall–Kier alpha value is -0.610. The number of rotatable bonds is 3. The molecule has 1 unspecified atom stereocenters. The fourth-order valence-electron chi connectivity index (χ4n) is 0.643. The van der Waals surface area contributed by atoms with Crippen molar-refractivity contribution in [1.29, 1.82) is 0 Å². The van der Waals surface area contributed by atoms with Gasteiger partial charge in [-0.25, -0.2) is 4.79 Å². The van der Waals surface area contributed by atoms with Crippen molar-refractivity contribution in [2.45, 2.75) is 19.6 Å². The van der Waals surface area contributed by atoms with Gasteiger partial charge >= 0.3 is 5.97 Å². The second kappa shape index (κ2) is 2.98. The summed E-state index contributed by atoms with van der Waals surface area (Å²) in [6.07, 6.45) is 0. The molecule has 0 spiro atoms. The first-order valence-electron chi connectivity index (χ1n) is 3.09. The van der Waals surface area contributed by atoms with Gasteiger partial charge in [-0.1, -0.05) is 13.8 Å². The molecular weight excluding hydrogens is 134 g/mol. The topological polar surface area (TPSA) is 69.6 Å². The highest BCUT2D eigenvalue weighted by molar-refractivity contribution is 5.76. The molecule has 0 aliphatic heterocycles. The standard InChI is InChI=1S/C6H13NO3/c1-4(2)6(10,7-3)5(8)9/h4,7,10H,1-3H3,(H,8,9). The number of carbonyl (C=O) groups is 1. The average Bonchev–Trinajstić information content (AvgIpc) is 1.85. The van der Waals surface area contributed by atoms with E-state index in [-0.39, 0.29) is 5.92 Å². The minimum atomic E-state index is -1.79. The number of nitrogens with one attached hydrogen (secondary N) is 1. The second-order valence-electron chi connectivity index (χ2n) is 2.48. The Morgan fingerprint density at radius 3 is 2.00 bits per heavy atom. The van der Waals surface area contributed by atoms with E-state index in [1.54, 1.807) is 13.8 Å². The van der Waals surface area contributed by atoms with Crippen LogP contribution in [0.4, 0.5) is 0 Å². The molecule has 0 aromatic carbocycles. The van der Waals surface area contributed by atoms with Crippen LogP contribution in [0.2, 0.25) is 0 Å². The summed E-state index contributed by atoms with van der Waals surface area (Å²) < 4.78 is 0. The molecule has 4 heteroatoms. The molecule has 10 heavy (non-hydrogen) atoms. The van der Waals surface area contributed by atoms with Gasteiger partial charge in [0.05, 0.1) is 0 Å². The van der Waals surface area contributed by atoms with Gasteiger partial charge in [0.1, 0.15) is 0 Å². The molecule has 0 aromatic rings. The lowest BCUT2D eigenvalue weighted by Gasteiger charge is -2.26. The Bertz CT molecular complexity index is 135. The molecular formula is C6H13NO3. The van der Waals surface area contributed by atoms with Crippen LogP contribution in [0.1, 0.15) is 13.8 Å². The van der Waals surface area contributed by atoms with E-state index in [4.69, 9.17) is 5.11 Å². The number of carboxylic acid groups (broad SMARTS) is 1. The smallest absolute Gasteiger partial charge is 0.351 e. The first-order chi connectivity index (χ1) is 4.45. The Labute approximate surface area is 59.9 Å². The summed E-state index contributed by atoms with van der Waals surface area (Å²) >= 11 is 0. The highest BCUT2D eigenvalue weighted by atomic mass is 16.4. The summed E-state index contributed by atoms with van der Waals surface area (Å²) in [4.78, 5) is 10.4. The van der Waals surface area contributed by atoms with Crippen molar-refractivity contribution in [2.24, 2.45) is 5.92 Å². The fraction of sp³-hybridized carbons (Fsp3) is 0.833. The highest BCUT2D eigenvalue weighted by Crippen LogP contribution is 2.12. The molecule has 0 rings (SSSR count). The zero-order valence-electron chi connectivity index (χ0n) is 6.38. The first kappa shape index (κ1) is 9.39. The van der Waals surface area contributed by atoms with Gasteiger partial charge in [-0.15, -0.1) is 0 Å². The third-order valence-electron chi connectivity index (χ3n) is 1.54. The molecule has 60 valence electrons. The van der Waals surface area contributed by atoms with Crippen LogP contribution >= 0.6 is 0 Å². The van der Waals surface area contributed by atoms with Gasteiger partial charge in [-0.2, -0.15) is 0 Å². The lowest BCUT2D eigenvalue weighted by Crippen LogP contribution is -2.54. The maximum absolute atomic E-state index is 10.4. The lowest BCUT2D eigenvalue weighted by molar-refractivity contribution is -0.167. The third kappa shape index (κ3) is 1.46. The molecule has 1 atom stereocenters. The minimum Gasteiger partial charge on any atom is -0.478 e. The zero-order valence-corrected chi connectivity index (χ0v) is 6.38. The van der Waals surface area contributed by atoms with Crippen molar-refractivity contribution in [1.82, 2.24) is 5.32 Å². The van der Waals surface area contributed by atoms with E-state index in [9.17, 15) is 9.90 Å². The van der Waals surface area contributed by atoms with Crippen LogP contribution in [-0.4, -0.2) is 29.0 Å². The Kier molecular flexibility index (Phi) is 2.80. The van der Waals surface area contributed by atoms with E-state index >= 15 is 0 Å².